The fourth-order valence-electron chi connectivity index (χ4n) is 7.60. The molecular formula is C28H49N. The third-order valence-corrected chi connectivity index (χ3v) is 9.28. The number of fused-ring (bicyclic) bond motifs is 3. The molecule has 4 unspecified atom stereocenters. The lowest BCUT2D eigenvalue weighted by Crippen LogP contribution is -2.44. The summed E-state index contributed by atoms with van der Waals surface area (Å²) < 4.78 is 0. The van der Waals surface area contributed by atoms with Crippen LogP contribution in [-0.2, 0) is 0 Å². The molecule has 0 N–H and O–H groups in total. The van der Waals surface area contributed by atoms with Gasteiger partial charge in [0.15, 0.2) is 0 Å². The molecule has 1 heteroatoms. The molecule has 0 aromatic carbocycles. The summed E-state index contributed by atoms with van der Waals surface area (Å²) in [4.78, 5) is 0. The van der Waals surface area contributed by atoms with Crippen LogP contribution in [0.4, 0.5) is 0 Å². The van der Waals surface area contributed by atoms with Crippen LogP contribution in [0.3, 0.4) is 0 Å². The molecule has 0 saturated heterocycles. The minimum atomic E-state index is 0.0391. The number of nitrogens with zero attached hydrogens (tertiary/aromatic N) is 1. The van der Waals surface area contributed by atoms with Crippen molar-refractivity contribution in [2.75, 3.05) is 0 Å². The van der Waals surface area contributed by atoms with Gasteiger partial charge >= 0.3 is 0 Å². The zero-order valence-electron chi connectivity index (χ0n) is 19.8. The van der Waals surface area contributed by atoms with Crippen molar-refractivity contribution in [2.24, 2.45) is 35.0 Å². The van der Waals surface area contributed by atoms with Gasteiger partial charge in [0.05, 0.1) is 11.5 Å². The highest BCUT2D eigenvalue weighted by Gasteiger charge is 2.48. The van der Waals surface area contributed by atoms with Gasteiger partial charge in [-0.15, -0.1) is 0 Å². The average molecular weight is 400 g/mol. The molecule has 3 saturated carbocycles. The van der Waals surface area contributed by atoms with Gasteiger partial charge in [0, 0.05) is 0 Å². The van der Waals surface area contributed by atoms with Gasteiger partial charge in [-0.25, -0.2) is 0 Å². The van der Waals surface area contributed by atoms with E-state index in [4.69, 9.17) is 0 Å². The summed E-state index contributed by atoms with van der Waals surface area (Å²) in [6, 6.07) is 2.84. The van der Waals surface area contributed by atoms with Gasteiger partial charge in [-0.05, 0) is 81.0 Å². The second-order valence-electron chi connectivity index (χ2n) is 11.3. The van der Waals surface area contributed by atoms with E-state index in [1.54, 1.807) is 6.42 Å². The normalized spacial score (nSPS) is 36.8. The lowest BCUT2D eigenvalue weighted by molar-refractivity contribution is -0.0181. The predicted molar refractivity (Wildman–Crippen MR) is 125 cm³/mol. The summed E-state index contributed by atoms with van der Waals surface area (Å²) in [6.07, 6.45) is 26.5. The summed E-state index contributed by atoms with van der Waals surface area (Å²) in [5, 5.41) is 10.0. The van der Waals surface area contributed by atoms with Gasteiger partial charge in [0.2, 0.25) is 0 Å². The Kier molecular flexibility index (Phi) is 9.40. The Bertz CT molecular complexity index is 505. The SMILES string of the molecule is CCCCCCC[C@H]1CCC2C(CCC3C[C@@](C#N)(CCCCCC)CCC32)C1. The second kappa shape index (κ2) is 11.8. The Morgan fingerprint density at radius 2 is 1.45 bits per heavy atom. The van der Waals surface area contributed by atoms with E-state index in [-0.39, 0.29) is 5.41 Å². The Morgan fingerprint density at radius 3 is 2.21 bits per heavy atom. The fourth-order valence-corrected chi connectivity index (χ4v) is 7.60. The van der Waals surface area contributed by atoms with Gasteiger partial charge in [-0.2, -0.15) is 5.26 Å². The largest absolute Gasteiger partial charge is 0.198 e. The molecule has 0 spiro atoms. The minimum Gasteiger partial charge on any atom is -0.198 e. The molecule has 3 fully saturated rings. The molecule has 0 aromatic rings. The molecule has 3 rings (SSSR count). The highest BCUT2D eigenvalue weighted by atomic mass is 14.5. The van der Waals surface area contributed by atoms with Gasteiger partial charge in [-0.1, -0.05) is 84.5 Å². The summed E-state index contributed by atoms with van der Waals surface area (Å²) in [7, 11) is 0. The van der Waals surface area contributed by atoms with Crippen molar-refractivity contribution in [1.82, 2.24) is 0 Å². The standard InChI is InChI=1S/C28H49N/c1-3-5-7-9-10-12-23-13-16-26-24(20-23)14-15-25-21-28(22-29,19-17-27(25)26)18-11-8-6-4-2/h23-27H,3-21H2,1-2H3/t23-,24?,25?,26?,27?,28+/m0/s1. The Balaban J connectivity index is 1.45. The van der Waals surface area contributed by atoms with Crippen LogP contribution >= 0.6 is 0 Å². The van der Waals surface area contributed by atoms with Crippen molar-refractivity contribution < 1.29 is 0 Å². The molecule has 0 aromatic heterocycles. The Morgan fingerprint density at radius 1 is 0.759 bits per heavy atom. The van der Waals surface area contributed by atoms with E-state index in [0.29, 0.717) is 0 Å². The van der Waals surface area contributed by atoms with Gasteiger partial charge in [-0.3, -0.25) is 0 Å². The monoisotopic (exact) mass is 399 g/mol. The zero-order valence-corrected chi connectivity index (χ0v) is 19.8. The Labute approximate surface area is 182 Å². The van der Waals surface area contributed by atoms with Crippen LogP contribution in [0.1, 0.15) is 136 Å². The van der Waals surface area contributed by atoms with E-state index in [1.807, 2.05) is 0 Å². The van der Waals surface area contributed by atoms with Crippen molar-refractivity contribution in [3.8, 4) is 6.07 Å². The smallest absolute Gasteiger partial charge is 0.0689 e. The van der Waals surface area contributed by atoms with E-state index in [2.05, 4.69) is 19.9 Å². The first-order valence-corrected chi connectivity index (χ1v) is 13.6. The number of nitriles is 1. The fraction of sp³-hybridized carbons (Fsp3) is 0.964. The van der Waals surface area contributed by atoms with E-state index in [1.165, 1.54) is 116 Å². The van der Waals surface area contributed by atoms with E-state index in [0.717, 1.165) is 29.6 Å². The summed E-state index contributed by atoms with van der Waals surface area (Å²) in [5.41, 5.74) is 0.0391. The van der Waals surface area contributed by atoms with Crippen molar-refractivity contribution >= 4 is 0 Å². The lowest BCUT2D eigenvalue weighted by atomic mass is 9.52. The summed E-state index contributed by atoms with van der Waals surface area (Å²) >= 11 is 0. The number of rotatable bonds is 11. The van der Waals surface area contributed by atoms with Crippen molar-refractivity contribution in [2.45, 2.75) is 136 Å². The molecule has 166 valence electrons. The maximum absolute atomic E-state index is 10.0. The quantitative estimate of drug-likeness (QED) is 0.318. The van der Waals surface area contributed by atoms with Crippen LogP contribution in [0, 0.1) is 46.3 Å². The van der Waals surface area contributed by atoms with E-state index >= 15 is 0 Å². The van der Waals surface area contributed by atoms with Crippen LogP contribution in [0.2, 0.25) is 0 Å². The summed E-state index contributed by atoms with van der Waals surface area (Å²) in [5.74, 6) is 4.93. The first kappa shape index (κ1) is 23.2. The predicted octanol–water partition coefficient (Wildman–Crippen LogP) is 9.07. The van der Waals surface area contributed by atoms with Crippen molar-refractivity contribution in [3.05, 3.63) is 0 Å². The summed E-state index contributed by atoms with van der Waals surface area (Å²) in [6.45, 7) is 4.60. The van der Waals surface area contributed by atoms with Gasteiger partial charge in [0.1, 0.15) is 0 Å². The molecular weight excluding hydrogens is 350 g/mol. The molecule has 0 radical (unpaired) electrons. The topological polar surface area (TPSA) is 23.8 Å². The first-order valence-electron chi connectivity index (χ1n) is 13.6. The Hall–Kier alpha value is -0.510. The van der Waals surface area contributed by atoms with Crippen molar-refractivity contribution in [3.63, 3.8) is 0 Å². The number of hydrogen-bond donors (Lipinski definition) is 0. The third-order valence-electron chi connectivity index (χ3n) is 9.28. The molecule has 0 bridgehead atoms. The minimum absolute atomic E-state index is 0.0391. The third kappa shape index (κ3) is 6.24. The second-order valence-corrected chi connectivity index (χ2v) is 11.3. The number of hydrogen-bond acceptors (Lipinski definition) is 1. The molecule has 0 aliphatic heterocycles. The van der Waals surface area contributed by atoms with Crippen LogP contribution in [0.5, 0.6) is 0 Å². The highest BCUT2D eigenvalue weighted by Crippen LogP contribution is 2.57. The molecule has 3 aliphatic rings. The van der Waals surface area contributed by atoms with Crippen LogP contribution in [0.25, 0.3) is 0 Å². The molecule has 6 atom stereocenters. The van der Waals surface area contributed by atoms with Gasteiger partial charge < -0.3 is 0 Å². The van der Waals surface area contributed by atoms with Crippen LogP contribution < -0.4 is 0 Å². The van der Waals surface area contributed by atoms with E-state index in [9.17, 15) is 5.26 Å². The molecule has 3 aliphatic carbocycles. The van der Waals surface area contributed by atoms with Crippen molar-refractivity contribution in [1.29, 1.82) is 5.26 Å². The zero-order chi connectivity index (χ0) is 20.5. The molecule has 0 heterocycles. The molecule has 0 amide bonds. The van der Waals surface area contributed by atoms with Crippen LogP contribution in [-0.4, -0.2) is 0 Å². The highest BCUT2D eigenvalue weighted by molar-refractivity contribution is 5.06. The molecule has 1 nitrogen and oxygen atoms in total. The lowest BCUT2D eigenvalue weighted by Gasteiger charge is -2.52. The average Bonchev–Trinajstić information content (AvgIpc) is 2.76. The van der Waals surface area contributed by atoms with E-state index < -0.39 is 0 Å². The maximum Gasteiger partial charge on any atom is 0.0689 e. The van der Waals surface area contributed by atoms with Gasteiger partial charge in [0.25, 0.3) is 0 Å². The number of unbranched alkanes of at least 4 members (excludes halogenated alkanes) is 7. The first-order chi connectivity index (χ1) is 14.2. The maximum atomic E-state index is 10.0. The van der Waals surface area contributed by atoms with Crippen LogP contribution in [0.15, 0.2) is 0 Å². The molecule has 29 heavy (non-hydrogen) atoms.